The van der Waals surface area contributed by atoms with Crippen molar-refractivity contribution in [3.05, 3.63) is 29.8 Å². The van der Waals surface area contributed by atoms with E-state index < -0.39 is 12.0 Å². The molecule has 0 saturated heterocycles. The number of nitrogens with zero attached hydrogens (tertiary/aromatic N) is 1. The number of benzene rings is 1. The fourth-order valence-corrected chi connectivity index (χ4v) is 1.99. The van der Waals surface area contributed by atoms with Crippen LogP contribution in [0.3, 0.4) is 0 Å². The van der Waals surface area contributed by atoms with Gasteiger partial charge in [0.25, 0.3) is 0 Å². The lowest BCUT2D eigenvalue weighted by Gasteiger charge is -2.25. The monoisotopic (exact) mass is 235 g/mol. The Morgan fingerprint density at radius 1 is 1.41 bits per heavy atom. The molecule has 0 radical (unpaired) electrons. The van der Waals surface area contributed by atoms with Crippen LogP contribution < -0.4 is 4.74 Å². The number of carbonyl (C=O) groups excluding carboxylic acids is 1. The van der Waals surface area contributed by atoms with Gasteiger partial charge in [0.05, 0.1) is 6.54 Å². The third-order valence-electron chi connectivity index (χ3n) is 2.75. The van der Waals surface area contributed by atoms with Crippen molar-refractivity contribution in [3.8, 4) is 5.75 Å². The van der Waals surface area contributed by atoms with Gasteiger partial charge in [0, 0.05) is 12.5 Å². The van der Waals surface area contributed by atoms with Crippen molar-refractivity contribution in [3.63, 3.8) is 0 Å². The standard InChI is InChI=1S/C12H13NO4/c1-8(14)13-6-7-17-10-5-3-2-4-9(10)11(13)12(15)16/h2-5,11H,6-7H2,1H3,(H,15,16). The first-order valence-electron chi connectivity index (χ1n) is 5.33. The third-order valence-corrected chi connectivity index (χ3v) is 2.75. The quantitative estimate of drug-likeness (QED) is 0.790. The summed E-state index contributed by atoms with van der Waals surface area (Å²) in [7, 11) is 0. The minimum atomic E-state index is -1.04. The molecule has 1 atom stereocenters. The fraction of sp³-hybridized carbons (Fsp3) is 0.333. The van der Waals surface area contributed by atoms with Crippen LogP contribution in [0.1, 0.15) is 18.5 Å². The molecule has 1 amide bonds. The van der Waals surface area contributed by atoms with E-state index in [9.17, 15) is 14.7 Å². The summed E-state index contributed by atoms with van der Waals surface area (Å²) in [5.41, 5.74) is 0.521. The molecule has 5 nitrogen and oxygen atoms in total. The number of carboxylic acid groups (broad SMARTS) is 1. The Balaban J connectivity index is 2.50. The van der Waals surface area contributed by atoms with Gasteiger partial charge in [0.2, 0.25) is 5.91 Å². The number of carbonyl (C=O) groups is 2. The van der Waals surface area contributed by atoms with Gasteiger partial charge in [-0.15, -0.1) is 0 Å². The van der Waals surface area contributed by atoms with Crippen LogP contribution >= 0.6 is 0 Å². The second-order valence-corrected chi connectivity index (χ2v) is 3.84. The molecular weight excluding hydrogens is 222 g/mol. The molecule has 0 saturated carbocycles. The van der Waals surface area contributed by atoms with Crippen LogP contribution in [0.25, 0.3) is 0 Å². The van der Waals surface area contributed by atoms with Crippen LogP contribution in [-0.4, -0.2) is 35.0 Å². The molecule has 0 aliphatic carbocycles. The van der Waals surface area contributed by atoms with E-state index in [-0.39, 0.29) is 12.5 Å². The maximum absolute atomic E-state index is 11.5. The van der Waals surface area contributed by atoms with Crippen molar-refractivity contribution in [2.24, 2.45) is 0 Å². The van der Waals surface area contributed by atoms with Crippen LogP contribution in [0.15, 0.2) is 24.3 Å². The molecule has 2 rings (SSSR count). The van der Waals surface area contributed by atoms with Crippen LogP contribution in [0, 0.1) is 0 Å². The highest BCUT2D eigenvalue weighted by atomic mass is 16.5. The number of hydrogen-bond acceptors (Lipinski definition) is 3. The first-order valence-corrected chi connectivity index (χ1v) is 5.33. The van der Waals surface area contributed by atoms with E-state index in [0.29, 0.717) is 17.9 Å². The molecule has 90 valence electrons. The molecule has 1 N–H and O–H groups in total. The van der Waals surface area contributed by atoms with Gasteiger partial charge in [0.1, 0.15) is 12.4 Å². The number of carboxylic acids is 1. The van der Waals surface area contributed by atoms with Gasteiger partial charge in [-0.05, 0) is 6.07 Å². The van der Waals surface area contributed by atoms with Gasteiger partial charge in [-0.3, -0.25) is 4.79 Å². The third kappa shape index (κ3) is 2.08. The lowest BCUT2D eigenvalue weighted by molar-refractivity contribution is -0.149. The summed E-state index contributed by atoms with van der Waals surface area (Å²) < 4.78 is 5.45. The van der Waals surface area contributed by atoms with Crippen molar-refractivity contribution >= 4 is 11.9 Å². The van der Waals surface area contributed by atoms with E-state index in [1.807, 2.05) is 0 Å². The molecule has 1 aromatic carbocycles. The highest BCUT2D eigenvalue weighted by Crippen LogP contribution is 2.31. The lowest BCUT2D eigenvalue weighted by Crippen LogP contribution is -2.38. The predicted octanol–water partition coefficient (Wildman–Crippen LogP) is 1.05. The zero-order valence-electron chi connectivity index (χ0n) is 9.42. The summed E-state index contributed by atoms with van der Waals surface area (Å²) in [5, 5.41) is 9.28. The lowest BCUT2D eigenvalue weighted by atomic mass is 10.0. The number of fused-ring (bicyclic) bond motifs is 1. The Kier molecular flexibility index (Phi) is 2.99. The van der Waals surface area contributed by atoms with Crippen molar-refractivity contribution < 1.29 is 19.4 Å². The number of para-hydroxylation sites is 1. The molecule has 0 bridgehead atoms. The van der Waals surface area contributed by atoms with Gasteiger partial charge >= 0.3 is 5.97 Å². The minimum absolute atomic E-state index is 0.266. The van der Waals surface area contributed by atoms with Gasteiger partial charge in [0.15, 0.2) is 6.04 Å². The summed E-state index contributed by atoms with van der Waals surface area (Å²) >= 11 is 0. The average Bonchev–Trinajstić information content (AvgIpc) is 2.47. The first-order chi connectivity index (χ1) is 8.11. The molecule has 0 spiro atoms. The molecule has 1 heterocycles. The summed E-state index contributed by atoms with van der Waals surface area (Å²) in [4.78, 5) is 24.1. The maximum Gasteiger partial charge on any atom is 0.331 e. The number of aliphatic carboxylic acids is 1. The smallest absolute Gasteiger partial charge is 0.331 e. The number of amides is 1. The molecule has 1 unspecified atom stereocenters. The minimum Gasteiger partial charge on any atom is -0.491 e. The Labute approximate surface area is 98.6 Å². The molecular formula is C12H13NO4. The van der Waals surface area contributed by atoms with Crippen LogP contribution in [0.5, 0.6) is 5.75 Å². The summed E-state index contributed by atoms with van der Waals surface area (Å²) in [5.74, 6) is -0.778. The molecule has 1 aliphatic heterocycles. The van der Waals surface area contributed by atoms with Gasteiger partial charge in [-0.25, -0.2) is 4.79 Å². The van der Waals surface area contributed by atoms with Gasteiger partial charge in [-0.2, -0.15) is 0 Å². The van der Waals surface area contributed by atoms with Crippen LogP contribution in [0.2, 0.25) is 0 Å². The van der Waals surface area contributed by atoms with Gasteiger partial charge in [-0.1, -0.05) is 18.2 Å². The fourth-order valence-electron chi connectivity index (χ4n) is 1.99. The van der Waals surface area contributed by atoms with E-state index in [4.69, 9.17) is 4.74 Å². The van der Waals surface area contributed by atoms with Crippen LogP contribution in [-0.2, 0) is 9.59 Å². The first kappa shape index (κ1) is 11.4. The van der Waals surface area contributed by atoms with E-state index in [1.165, 1.54) is 11.8 Å². The molecule has 5 heteroatoms. The highest BCUT2D eigenvalue weighted by molar-refractivity contribution is 5.84. The maximum atomic E-state index is 11.5. The van der Waals surface area contributed by atoms with Gasteiger partial charge < -0.3 is 14.7 Å². The predicted molar refractivity (Wildman–Crippen MR) is 59.7 cm³/mol. The number of ether oxygens (including phenoxy) is 1. The largest absolute Gasteiger partial charge is 0.491 e. The Hall–Kier alpha value is -2.04. The van der Waals surface area contributed by atoms with E-state index >= 15 is 0 Å². The second kappa shape index (κ2) is 4.45. The highest BCUT2D eigenvalue weighted by Gasteiger charge is 2.33. The molecule has 17 heavy (non-hydrogen) atoms. The number of rotatable bonds is 1. The summed E-state index contributed by atoms with van der Waals surface area (Å²) in [6, 6.07) is 5.94. The zero-order chi connectivity index (χ0) is 12.4. The molecule has 0 fully saturated rings. The normalized spacial score (nSPS) is 18.9. The van der Waals surface area contributed by atoms with Crippen LogP contribution in [0.4, 0.5) is 0 Å². The van der Waals surface area contributed by atoms with Crippen molar-refractivity contribution in [1.29, 1.82) is 0 Å². The van der Waals surface area contributed by atoms with Crippen molar-refractivity contribution in [2.45, 2.75) is 13.0 Å². The molecule has 1 aromatic rings. The summed E-state index contributed by atoms with van der Waals surface area (Å²) in [6.07, 6.45) is 0. The van der Waals surface area contributed by atoms with E-state index in [2.05, 4.69) is 0 Å². The van der Waals surface area contributed by atoms with E-state index in [0.717, 1.165) is 0 Å². The Bertz CT molecular complexity index is 458. The molecule has 0 aromatic heterocycles. The Morgan fingerprint density at radius 2 is 2.12 bits per heavy atom. The zero-order valence-corrected chi connectivity index (χ0v) is 9.42. The number of hydrogen-bond donors (Lipinski definition) is 1. The Morgan fingerprint density at radius 3 is 2.76 bits per heavy atom. The average molecular weight is 235 g/mol. The van der Waals surface area contributed by atoms with E-state index in [1.54, 1.807) is 24.3 Å². The SMILES string of the molecule is CC(=O)N1CCOc2ccccc2C1C(=O)O. The second-order valence-electron chi connectivity index (χ2n) is 3.84. The van der Waals surface area contributed by atoms with Crippen molar-refractivity contribution in [1.82, 2.24) is 4.90 Å². The van der Waals surface area contributed by atoms with Crippen molar-refractivity contribution in [2.75, 3.05) is 13.2 Å². The summed E-state index contributed by atoms with van der Waals surface area (Å²) in [6.45, 7) is 1.95. The molecule has 1 aliphatic rings. The topological polar surface area (TPSA) is 66.8 Å².